The Kier molecular flexibility index (Phi) is 6.67. The van der Waals surface area contributed by atoms with Gasteiger partial charge in [0.1, 0.15) is 5.56 Å². The normalized spacial score (nSPS) is 12.8. The molecule has 1 amide bonds. The summed E-state index contributed by atoms with van der Waals surface area (Å²) in [6.45, 7) is 7.66. The molecule has 0 saturated heterocycles. The number of rotatable bonds is 7. The smallest absolute Gasteiger partial charge is 0.342 e. The Labute approximate surface area is 176 Å². The maximum absolute atomic E-state index is 12.7. The first-order chi connectivity index (χ1) is 14.4. The van der Waals surface area contributed by atoms with Crippen molar-refractivity contribution in [2.45, 2.75) is 39.7 Å². The molecule has 0 spiro atoms. The number of hydrogen-bond acceptors (Lipinski definition) is 4. The Morgan fingerprint density at radius 1 is 1.00 bits per heavy atom. The Bertz CT molecular complexity index is 1010. The van der Waals surface area contributed by atoms with Gasteiger partial charge in [-0.15, -0.1) is 0 Å². The van der Waals surface area contributed by atoms with Crippen LogP contribution in [0.4, 0.5) is 0 Å². The Hall–Kier alpha value is -3.41. The Morgan fingerprint density at radius 3 is 2.23 bits per heavy atom. The van der Waals surface area contributed by atoms with E-state index in [9.17, 15) is 9.59 Å². The van der Waals surface area contributed by atoms with Crippen LogP contribution < -0.4 is 5.32 Å². The molecule has 156 valence electrons. The van der Waals surface area contributed by atoms with Crippen LogP contribution in [0, 0.1) is 13.8 Å². The molecule has 2 atom stereocenters. The maximum Gasteiger partial charge on any atom is 0.342 e. The van der Waals surface area contributed by atoms with Crippen molar-refractivity contribution in [3.63, 3.8) is 0 Å². The zero-order valence-corrected chi connectivity index (χ0v) is 17.8. The van der Waals surface area contributed by atoms with Gasteiger partial charge < -0.3 is 10.1 Å². The van der Waals surface area contributed by atoms with Gasteiger partial charge in [0.25, 0.3) is 5.91 Å². The van der Waals surface area contributed by atoms with Crippen molar-refractivity contribution < 1.29 is 14.3 Å². The Balaban J connectivity index is 1.63. The van der Waals surface area contributed by atoms with Crippen molar-refractivity contribution in [1.29, 1.82) is 0 Å². The van der Waals surface area contributed by atoms with Crippen molar-refractivity contribution in [3.05, 3.63) is 83.2 Å². The highest BCUT2D eigenvalue weighted by molar-refractivity contribution is 5.94. The molecule has 0 aliphatic heterocycles. The van der Waals surface area contributed by atoms with Crippen LogP contribution in [0.1, 0.15) is 47.1 Å². The lowest BCUT2D eigenvalue weighted by atomic mass is 10.0. The first kappa shape index (κ1) is 21.3. The molecule has 0 radical (unpaired) electrons. The van der Waals surface area contributed by atoms with Crippen LogP contribution in [-0.4, -0.2) is 34.3 Å². The Morgan fingerprint density at radius 2 is 1.60 bits per heavy atom. The van der Waals surface area contributed by atoms with Crippen LogP contribution in [-0.2, 0) is 9.53 Å². The summed E-state index contributed by atoms with van der Waals surface area (Å²) in [6, 6.07) is 19.5. The van der Waals surface area contributed by atoms with Gasteiger partial charge in [-0.25, -0.2) is 9.48 Å². The zero-order chi connectivity index (χ0) is 21.7. The standard InChI is InChI=1S/C24H27N3O3/c1-16(20-11-7-5-8-12-20)15-25-23(28)19(4)30-24(29)22-17(2)26-27(18(22)3)21-13-9-6-10-14-21/h5-14,16,19H,15H2,1-4H3,(H,25,28)/t16-,19-/m0/s1. The summed E-state index contributed by atoms with van der Waals surface area (Å²) in [7, 11) is 0. The van der Waals surface area contributed by atoms with E-state index in [1.807, 2.05) is 74.5 Å². The molecule has 0 fully saturated rings. The van der Waals surface area contributed by atoms with E-state index in [1.54, 1.807) is 18.5 Å². The van der Waals surface area contributed by atoms with Gasteiger partial charge in [-0.2, -0.15) is 5.10 Å². The highest BCUT2D eigenvalue weighted by Gasteiger charge is 2.25. The molecule has 6 nitrogen and oxygen atoms in total. The molecule has 0 bridgehead atoms. The SMILES string of the molecule is Cc1nn(-c2ccccc2)c(C)c1C(=O)O[C@@H](C)C(=O)NC[C@H](C)c1ccccc1. The number of nitrogens with zero attached hydrogens (tertiary/aromatic N) is 2. The number of benzene rings is 2. The summed E-state index contributed by atoms with van der Waals surface area (Å²) >= 11 is 0. The van der Waals surface area contributed by atoms with Crippen molar-refractivity contribution in [2.24, 2.45) is 0 Å². The fourth-order valence-electron chi connectivity index (χ4n) is 3.33. The number of carbonyl (C=O) groups excluding carboxylic acids is 2. The quantitative estimate of drug-likeness (QED) is 0.604. The molecule has 30 heavy (non-hydrogen) atoms. The third-order valence-electron chi connectivity index (χ3n) is 5.10. The van der Waals surface area contributed by atoms with Crippen molar-refractivity contribution in [1.82, 2.24) is 15.1 Å². The second-order valence-electron chi connectivity index (χ2n) is 7.40. The van der Waals surface area contributed by atoms with Gasteiger partial charge in [-0.3, -0.25) is 4.79 Å². The molecule has 1 N–H and O–H groups in total. The number of amides is 1. The van der Waals surface area contributed by atoms with E-state index < -0.39 is 12.1 Å². The van der Waals surface area contributed by atoms with Gasteiger partial charge in [-0.05, 0) is 44.4 Å². The lowest BCUT2D eigenvalue weighted by molar-refractivity contribution is -0.129. The lowest BCUT2D eigenvalue weighted by Crippen LogP contribution is -2.37. The summed E-state index contributed by atoms with van der Waals surface area (Å²) in [4.78, 5) is 25.2. The highest BCUT2D eigenvalue weighted by Crippen LogP contribution is 2.19. The molecule has 1 heterocycles. The maximum atomic E-state index is 12.7. The fraction of sp³-hybridized carbons (Fsp3) is 0.292. The average Bonchev–Trinajstić information content (AvgIpc) is 3.06. The largest absolute Gasteiger partial charge is 0.449 e. The second kappa shape index (κ2) is 9.39. The predicted octanol–water partition coefficient (Wildman–Crippen LogP) is 3.95. The average molecular weight is 405 g/mol. The second-order valence-corrected chi connectivity index (χ2v) is 7.40. The molecular formula is C24H27N3O3. The molecule has 2 aromatic carbocycles. The van der Waals surface area contributed by atoms with E-state index >= 15 is 0 Å². The molecular weight excluding hydrogens is 378 g/mol. The van der Waals surface area contributed by atoms with E-state index in [0.717, 1.165) is 11.3 Å². The monoisotopic (exact) mass is 405 g/mol. The molecule has 0 unspecified atom stereocenters. The lowest BCUT2D eigenvalue weighted by Gasteiger charge is -2.17. The van der Waals surface area contributed by atoms with Gasteiger partial charge in [0.2, 0.25) is 0 Å². The number of esters is 1. The van der Waals surface area contributed by atoms with E-state index in [-0.39, 0.29) is 11.8 Å². The minimum Gasteiger partial charge on any atom is -0.449 e. The van der Waals surface area contributed by atoms with Crippen LogP contribution in [0.15, 0.2) is 60.7 Å². The summed E-state index contributed by atoms with van der Waals surface area (Å²) in [5.74, 6) is -0.713. The van der Waals surface area contributed by atoms with E-state index in [4.69, 9.17) is 4.74 Å². The van der Waals surface area contributed by atoms with Gasteiger partial charge in [0, 0.05) is 6.54 Å². The number of aryl methyl sites for hydroxylation is 1. The topological polar surface area (TPSA) is 73.2 Å². The molecule has 0 aliphatic carbocycles. The van der Waals surface area contributed by atoms with E-state index in [2.05, 4.69) is 10.4 Å². The third-order valence-corrected chi connectivity index (χ3v) is 5.10. The fourth-order valence-corrected chi connectivity index (χ4v) is 3.33. The van der Waals surface area contributed by atoms with Crippen molar-refractivity contribution >= 4 is 11.9 Å². The zero-order valence-electron chi connectivity index (χ0n) is 17.8. The summed E-state index contributed by atoms with van der Waals surface area (Å²) in [5.41, 5.74) is 3.62. The summed E-state index contributed by atoms with van der Waals surface area (Å²) in [6.07, 6.45) is -0.903. The molecule has 3 aromatic rings. The minimum atomic E-state index is -0.903. The van der Waals surface area contributed by atoms with Gasteiger partial charge in [0.05, 0.1) is 17.1 Å². The van der Waals surface area contributed by atoms with E-state index in [1.165, 1.54) is 0 Å². The van der Waals surface area contributed by atoms with Crippen LogP contribution in [0.5, 0.6) is 0 Å². The molecule has 3 rings (SSSR count). The van der Waals surface area contributed by atoms with Crippen molar-refractivity contribution in [2.75, 3.05) is 6.54 Å². The highest BCUT2D eigenvalue weighted by atomic mass is 16.5. The molecule has 0 aliphatic rings. The number of carbonyl (C=O) groups is 2. The van der Waals surface area contributed by atoms with Crippen LogP contribution in [0.2, 0.25) is 0 Å². The number of para-hydroxylation sites is 1. The number of aromatic nitrogens is 2. The third kappa shape index (κ3) is 4.76. The van der Waals surface area contributed by atoms with Crippen LogP contribution in [0.3, 0.4) is 0 Å². The molecule has 1 aromatic heterocycles. The minimum absolute atomic E-state index is 0.159. The van der Waals surface area contributed by atoms with Gasteiger partial charge in [0.15, 0.2) is 6.10 Å². The van der Waals surface area contributed by atoms with Crippen molar-refractivity contribution in [3.8, 4) is 5.69 Å². The molecule has 0 saturated carbocycles. The summed E-state index contributed by atoms with van der Waals surface area (Å²) in [5, 5.41) is 7.32. The molecule has 6 heteroatoms. The number of hydrogen-bond donors (Lipinski definition) is 1. The van der Waals surface area contributed by atoms with Crippen LogP contribution >= 0.6 is 0 Å². The predicted molar refractivity (Wildman–Crippen MR) is 116 cm³/mol. The number of nitrogens with one attached hydrogen (secondary N) is 1. The first-order valence-electron chi connectivity index (χ1n) is 10.0. The van der Waals surface area contributed by atoms with Gasteiger partial charge >= 0.3 is 5.97 Å². The van der Waals surface area contributed by atoms with Gasteiger partial charge in [-0.1, -0.05) is 55.5 Å². The van der Waals surface area contributed by atoms with Crippen LogP contribution in [0.25, 0.3) is 5.69 Å². The summed E-state index contributed by atoms with van der Waals surface area (Å²) < 4.78 is 7.15. The van der Waals surface area contributed by atoms with E-state index in [0.29, 0.717) is 23.5 Å². The number of ether oxygens (including phenoxy) is 1. The first-order valence-corrected chi connectivity index (χ1v) is 10.0.